The fourth-order valence-electron chi connectivity index (χ4n) is 7.64. The molecule has 1 aromatic heterocycles. The maximum Gasteiger partial charge on any atom is 0.235 e. The number of H-pyrrole nitrogens is 1. The number of carbonyl (C=O) groups is 2. The maximum atomic E-state index is 14.4. The Morgan fingerprint density at radius 1 is 1.07 bits per heavy atom. The highest BCUT2D eigenvalue weighted by molar-refractivity contribution is 6.14. The lowest BCUT2D eigenvalue weighted by Crippen LogP contribution is -2.52. The summed E-state index contributed by atoms with van der Waals surface area (Å²) in [6, 6.07) is 7.90. The first-order chi connectivity index (χ1) is 19.1. The highest BCUT2D eigenvalue weighted by atomic mass is 16.3. The fourth-order valence-corrected chi connectivity index (χ4v) is 7.64. The maximum absolute atomic E-state index is 14.4. The van der Waals surface area contributed by atoms with Gasteiger partial charge in [-0.1, -0.05) is 68.8 Å². The molecule has 1 amide bonds. The normalized spacial score (nSPS) is 38.4. The molecule has 2 heterocycles. The largest absolute Gasteiger partial charge is 0.386 e. The number of nitrogens with one attached hydrogen (secondary N) is 2. The van der Waals surface area contributed by atoms with Crippen LogP contribution in [-0.2, 0) is 9.59 Å². The van der Waals surface area contributed by atoms with Crippen LogP contribution in [0.3, 0.4) is 0 Å². The Bertz CT molecular complexity index is 1410. The summed E-state index contributed by atoms with van der Waals surface area (Å²) < 4.78 is 0. The summed E-state index contributed by atoms with van der Waals surface area (Å²) in [6.07, 6.45) is 12.0. The van der Waals surface area contributed by atoms with Gasteiger partial charge in [-0.3, -0.25) is 9.59 Å². The second-order valence-corrected chi connectivity index (χ2v) is 12.1. The van der Waals surface area contributed by atoms with Gasteiger partial charge in [0.15, 0.2) is 5.78 Å². The monoisotopic (exact) mass is 542 g/mol. The summed E-state index contributed by atoms with van der Waals surface area (Å²) in [5.41, 5.74) is 2.68. The van der Waals surface area contributed by atoms with Crippen molar-refractivity contribution in [1.82, 2.24) is 10.3 Å². The molecule has 2 aromatic rings. The van der Waals surface area contributed by atoms with Gasteiger partial charge in [0.05, 0.1) is 0 Å². The molecule has 9 atom stereocenters. The summed E-state index contributed by atoms with van der Waals surface area (Å²) in [4.78, 5) is 32.0. The van der Waals surface area contributed by atoms with Crippen molar-refractivity contribution < 1.29 is 19.8 Å². The molecule has 0 unspecified atom stereocenters. The zero-order chi connectivity index (χ0) is 28.8. The van der Waals surface area contributed by atoms with Crippen LogP contribution in [0.1, 0.15) is 58.9 Å². The minimum Gasteiger partial charge on any atom is -0.386 e. The molecule has 1 spiro atoms. The van der Waals surface area contributed by atoms with Gasteiger partial charge in [-0.2, -0.15) is 0 Å². The quantitative estimate of drug-likeness (QED) is 0.310. The van der Waals surface area contributed by atoms with Crippen LogP contribution in [0.2, 0.25) is 0 Å². The molecule has 0 bridgehead atoms. The van der Waals surface area contributed by atoms with Crippen molar-refractivity contribution in [3.05, 3.63) is 83.6 Å². The van der Waals surface area contributed by atoms with Crippen LogP contribution >= 0.6 is 0 Å². The first-order valence-electron chi connectivity index (χ1n) is 14.6. The number of fused-ring (bicyclic) bond motifs is 1. The summed E-state index contributed by atoms with van der Waals surface area (Å²) in [5.74, 6) is -1.17. The molecule has 6 heteroatoms. The molecule has 1 aliphatic heterocycles. The third kappa shape index (κ3) is 4.51. The summed E-state index contributed by atoms with van der Waals surface area (Å²) in [5, 5.41) is 25.9. The number of allylic oxidation sites excluding steroid dienone is 6. The average molecular weight is 543 g/mol. The van der Waals surface area contributed by atoms with Crippen LogP contribution in [0.4, 0.5) is 0 Å². The van der Waals surface area contributed by atoms with Gasteiger partial charge in [0.25, 0.3) is 0 Å². The van der Waals surface area contributed by atoms with Crippen LogP contribution in [0, 0.1) is 29.1 Å². The summed E-state index contributed by atoms with van der Waals surface area (Å²) in [6.45, 7) is 10.2. The van der Waals surface area contributed by atoms with Crippen molar-refractivity contribution in [3.63, 3.8) is 0 Å². The zero-order valence-electron chi connectivity index (χ0n) is 24.1. The molecule has 1 saturated heterocycles. The molecule has 0 radical (unpaired) electrons. The van der Waals surface area contributed by atoms with E-state index in [-0.39, 0.29) is 41.4 Å². The second kappa shape index (κ2) is 11.0. The molecule has 3 aliphatic rings. The Kier molecular flexibility index (Phi) is 7.77. The molecule has 40 heavy (non-hydrogen) atoms. The predicted octanol–water partition coefficient (Wildman–Crippen LogP) is 5.36. The van der Waals surface area contributed by atoms with E-state index < -0.39 is 23.5 Å². The van der Waals surface area contributed by atoms with Crippen LogP contribution in [-0.4, -0.2) is 45.1 Å². The number of benzene rings is 1. The van der Waals surface area contributed by atoms with Gasteiger partial charge in [-0.25, -0.2) is 0 Å². The number of aliphatic hydroxyl groups excluding tert-OH is 2. The number of aromatic amines is 1. The summed E-state index contributed by atoms with van der Waals surface area (Å²) >= 11 is 0. The van der Waals surface area contributed by atoms with E-state index in [2.05, 4.69) is 56.2 Å². The van der Waals surface area contributed by atoms with Crippen LogP contribution in [0.15, 0.2) is 78.1 Å². The van der Waals surface area contributed by atoms with Crippen LogP contribution < -0.4 is 5.32 Å². The van der Waals surface area contributed by atoms with Gasteiger partial charge < -0.3 is 20.5 Å². The van der Waals surface area contributed by atoms with Gasteiger partial charge in [-0.15, -0.1) is 0 Å². The molecule has 212 valence electrons. The van der Waals surface area contributed by atoms with Crippen molar-refractivity contribution in [2.45, 2.75) is 71.6 Å². The van der Waals surface area contributed by atoms with E-state index in [1.54, 1.807) is 6.92 Å². The number of aliphatic hydroxyl groups is 2. The second-order valence-electron chi connectivity index (χ2n) is 12.1. The topological polar surface area (TPSA) is 102 Å². The Balaban J connectivity index is 1.66. The number of ketones is 1. The third-order valence-corrected chi connectivity index (χ3v) is 9.70. The van der Waals surface area contributed by atoms with E-state index >= 15 is 0 Å². The first kappa shape index (κ1) is 28.3. The molecular weight excluding hydrogens is 500 g/mol. The Labute approximate surface area is 236 Å². The van der Waals surface area contributed by atoms with E-state index in [0.29, 0.717) is 12.0 Å². The predicted molar refractivity (Wildman–Crippen MR) is 158 cm³/mol. The molecule has 0 saturated carbocycles. The minimum atomic E-state index is -1.34. The lowest BCUT2D eigenvalue weighted by atomic mass is 9.53. The van der Waals surface area contributed by atoms with E-state index in [9.17, 15) is 19.8 Å². The number of carbonyl (C=O) groups excluding carboxylic acids is 2. The van der Waals surface area contributed by atoms with E-state index in [1.165, 1.54) is 17.7 Å². The van der Waals surface area contributed by atoms with Gasteiger partial charge in [0.1, 0.15) is 17.6 Å². The van der Waals surface area contributed by atoms with E-state index in [0.717, 1.165) is 22.9 Å². The molecule has 1 aromatic carbocycles. The van der Waals surface area contributed by atoms with Crippen LogP contribution in [0.5, 0.6) is 0 Å². The van der Waals surface area contributed by atoms with Gasteiger partial charge in [0.2, 0.25) is 5.91 Å². The number of hydrogen-bond donors (Lipinski definition) is 4. The van der Waals surface area contributed by atoms with Gasteiger partial charge >= 0.3 is 0 Å². The zero-order valence-corrected chi connectivity index (χ0v) is 24.1. The van der Waals surface area contributed by atoms with Crippen LogP contribution in [0.25, 0.3) is 10.9 Å². The Morgan fingerprint density at radius 2 is 1.82 bits per heavy atom. The Morgan fingerprint density at radius 3 is 2.58 bits per heavy atom. The SMILES string of the molecule is CC[C@@H]1C(C)=C[C@@H]2/C=C\C[C@H](C)/C=C(/C)[C@@H](O)[C@@H](O)/C=C\C(=O)[C@]23C(=O)N[C@@H]([C@H](C)c2c[nH]c4ccccc24)[C@H]13. The minimum absolute atomic E-state index is 0.0349. The number of para-hydroxylation sites is 1. The van der Waals surface area contributed by atoms with Crippen molar-refractivity contribution in [3.8, 4) is 0 Å². The Hall–Kier alpha value is -3.22. The standard InChI is InChI=1S/C34H42N2O4/c1-6-24-20(3)17-23-11-9-10-19(2)16-21(4)32(39)28(37)14-15-29(38)34(23)30(24)31(36-33(34)40)22(5)26-18-35-27-13-8-7-12-25(26)27/h7-9,11-19,22-24,28,30-32,35,37,39H,6,10H2,1-5H3,(H,36,40)/b11-9-,15-14-,21-16-/t19-,22+,23-,24+,28-,30-,31-,32+,34+/m0/s1. The fraction of sp³-hybridized carbons (Fsp3) is 0.471. The summed E-state index contributed by atoms with van der Waals surface area (Å²) in [7, 11) is 0. The van der Waals surface area contributed by atoms with Gasteiger partial charge in [-0.05, 0) is 67.9 Å². The van der Waals surface area contributed by atoms with E-state index in [1.807, 2.05) is 36.5 Å². The molecule has 4 N–H and O–H groups in total. The van der Waals surface area contributed by atoms with Crippen molar-refractivity contribution in [2.24, 2.45) is 29.1 Å². The molecule has 5 rings (SSSR count). The number of rotatable bonds is 3. The first-order valence-corrected chi connectivity index (χ1v) is 14.6. The van der Waals surface area contributed by atoms with Crippen molar-refractivity contribution in [1.29, 1.82) is 0 Å². The molecule has 2 aliphatic carbocycles. The van der Waals surface area contributed by atoms with Gasteiger partial charge in [0, 0.05) is 40.9 Å². The van der Waals surface area contributed by atoms with E-state index in [4.69, 9.17) is 0 Å². The highest BCUT2D eigenvalue weighted by Gasteiger charge is 2.66. The molecule has 6 nitrogen and oxygen atoms in total. The number of amides is 1. The number of hydrogen-bond acceptors (Lipinski definition) is 4. The smallest absolute Gasteiger partial charge is 0.235 e. The average Bonchev–Trinajstić information content (AvgIpc) is 3.50. The third-order valence-electron chi connectivity index (χ3n) is 9.70. The van der Waals surface area contributed by atoms with Crippen molar-refractivity contribution in [2.75, 3.05) is 0 Å². The molecular formula is C34H42N2O4. The highest BCUT2D eigenvalue weighted by Crippen LogP contribution is 2.57. The lowest BCUT2D eigenvalue weighted by Gasteiger charge is -2.46. The van der Waals surface area contributed by atoms with Crippen molar-refractivity contribution >= 4 is 22.6 Å². The lowest BCUT2D eigenvalue weighted by molar-refractivity contribution is -0.142. The number of aromatic nitrogens is 1. The molecule has 1 fully saturated rings.